The van der Waals surface area contributed by atoms with E-state index in [2.05, 4.69) is 10.2 Å². The molecule has 6 N–H and O–H groups in total. The van der Waals surface area contributed by atoms with Crippen LogP contribution in [0.5, 0.6) is 23.0 Å². The first-order chi connectivity index (χ1) is 11.5. The van der Waals surface area contributed by atoms with Crippen LogP contribution in [0.4, 0.5) is 11.4 Å². The lowest BCUT2D eigenvalue weighted by molar-refractivity contribution is 0.0696. The number of carboxylic acids is 1. The number of benzene rings is 2. The number of carboxylic acid groups (broad SMARTS) is 1. The monoisotopic (exact) mass is 370 g/mol. The molecule has 11 nitrogen and oxygen atoms in total. The lowest BCUT2D eigenvalue weighted by Crippen LogP contribution is -2.03. The molecule has 0 fully saturated rings. The summed E-state index contributed by atoms with van der Waals surface area (Å²) in [6.45, 7) is 0. The number of hydrogen-bond donors (Lipinski definition) is 6. The van der Waals surface area contributed by atoms with Crippen molar-refractivity contribution in [2.45, 2.75) is 4.90 Å². The summed E-state index contributed by atoms with van der Waals surface area (Å²) < 4.78 is 31.5. The molecular formula is C13H10N2O9S. The van der Waals surface area contributed by atoms with Crippen LogP contribution in [0, 0.1) is 0 Å². The molecular weight excluding hydrogens is 360 g/mol. The number of azo groups is 1. The van der Waals surface area contributed by atoms with Crippen molar-refractivity contribution in [3.05, 3.63) is 29.8 Å². The molecule has 0 aromatic heterocycles. The third-order valence-electron chi connectivity index (χ3n) is 2.95. The molecule has 0 aliphatic heterocycles. The van der Waals surface area contributed by atoms with Crippen molar-refractivity contribution in [2.75, 3.05) is 0 Å². The van der Waals surface area contributed by atoms with Gasteiger partial charge in [-0.3, -0.25) is 4.55 Å². The number of carbonyl (C=O) groups is 1. The van der Waals surface area contributed by atoms with E-state index in [1.54, 1.807) is 0 Å². The quantitative estimate of drug-likeness (QED) is 0.264. The topological polar surface area (TPSA) is 197 Å². The van der Waals surface area contributed by atoms with E-state index >= 15 is 0 Å². The smallest absolute Gasteiger partial charge is 0.335 e. The Morgan fingerprint density at radius 1 is 0.880 bits per heavy atom. The molecule has 2 aromatic rings. The van der Waals surface area contributed by atoms with Crippen molar-refractivity contribution in [1.29, 1.82) is 0 Å². The predicted octanol–water partition coefficient (Wildman–Crippen LogP) is 1.87. The summed E-state index contributed by atoms with van der Waals surface area (Å²) in [5, 5.41) is 53.8. The minimum atomic E-state index is -4.95. The molecule has 0 amide bonds. The highest BCUT2D eigenvalue weighted by Gasteiger charge is 2.22. The van der Waals surface area contributed by atoms with Crippen LogP contribution in [0.3, 0.4) is 0 Å². The molecule has 2 aromatic carbocycles. The van der Waals surface area contributed by atoms with Crippen LogP contribution in [0.25, 0.3) is 0 Å². The molecule has 132 valence electrons. The van der Waals surface area contributed by atoms with Crippen molar-refractivity contribution >= 4 is 27.5 Å². The van der Waals surface area contributed by atoms with Gasteiger partial charge < -0.3 is 25.5 Å². The average Bonchev–Trinajstić information content (AvgIpc) is 2.51. The van der Waals surface area contributed by atoms with E-state index in [-0.39, 0.29) is 5.69 Å². The molecule has 0 bridgehead atoms. The van der Waals surface area contributed by atoms with Crippen LogP contribution in [-0.4, -0.2) is 44.5 Å². The number of aromatic carboxylic acids is 1. The number of aromatic hydroxyl groups is 4. The zero-order valence-electron chi connectivity index (χ0n) is 12.0. The fourth-order valence-electron chi connectivity index (χ4n) is 1.74. The van der Waals surface area contributed by atoms with Gasteiger partial charge in [-0.25, -0.2) is 4.79 Å². The zero-order valence-corrected chi connectivity index (χ0v) is 12.8. The lowest BCUT2D eigenvalue weighted by atomic mass is 10.2. The molecule has 25 heavy (non-hydrogen) atoms. The third kappa shape index (κ3) is 3.59. The van der Waals surface area contributed by atoms with E-state index < -0.39 is 55.2 Å². The van der Waals surface area contributed by atoms with E-state index in [1.807, 2.05) is 0 Å². The van der Waals surface area contributed by atoms with Gasteiger partial charge in [0, 0.05) is 0 Å². The molecule has 0 heterocycles. The maximum atomic E-state index is 11.2. The fraction of sp³-hybridized carbons (Fsp3) is 0. The highest BCUT2D eigenvalue weighted by atomic mass is 32.2. The maximum absolute atomic E-state index is 11.2. The minimum Gasteiger partial charge on any atom is -0.504 e. The van der Waals surface area contributed by atoms with E-state index in [9.17, 15) is 33.6 Å². The van der Waals surface area contributed by atoms with E-state index in [0.717, 1.165) is 18.2 Å². The first-order valence-corrected chi connectivity index (χ1v) is 7.69. The molecule has 0 atom stereocenters. The summed E-state index contributed by atoms with van der Waals surface area (Å²) in [4.78, 5) is 9.92. The Balaban J connectivity index is 2.62. The number of rotatable bonds is 4. The maximum Gasteiger partial charge on any atom is 0.335 e. The predicted molar refractivity (Wildman–Crippen MR) is 80.5 cm³/mol. The van der Waals surface area contributed by atoms with Crippen molar-refractivity contribution in [3.63, 3.8) is 0 Å². The Hall–Kier alpha value is -3.38. The number of hydrogen-bond acceptors (Lipinski definition) is 9. The van der Waals surface area contributed by atoms with Gasteiger partial charge in [0.25, 0.3) is 10.1 Å². The molecule has 0 saturated carbocycles. The SMILES string of the molecule is O=C(O)c1cc(N=Nc2ccc(O)c(O)c2O)c(O)c(S(=O)(=O)O)c1. The molecule has 0 spiro atoms. The Labute approximate surface area is 139 Å². The van der Waals surface area contributed by atoms with Crippen molar-refractivity contribution in [1.82, 2.24) is 0 Å². The summed E-state index contributed by atoms with van der Waals surface area (Å²) in [5.41, 5.74) is -1.62. The summed E-state index contributed by atoms with van der Waals surface area (Å²) in [5.74, 6) is -5.02. The molecule has 2 rings (SSSR count). The highest BCUT2D eigenvalue weighted by Crippen LogP contribution is 2.43. The second kappa shape index (κ2) is 6.26. The Morgan fingerprint density at radius 3 is 2.04 bits per heavy atom. The highest BCUT2D eigenvalue weighted by molar-refractivity contribution is 7.86. The van der Waals surface area contributed by atoms with Gasteiger partial charge in [0.2, 0.25) is 5.75 Å². The van der Waals surface area contributed by atoms with Gasteiger partial charge in [-0.2, -0.15) is 8.42 Å². The molecule has 0 unspecified atom stereocenters. The Morgan fingerprint density at radius 2 is 1.48 bits per heavy atom. The first-order valence-electron chi connectivity index (χ1n) is 6.25. The molecule has 0 aliphatic rings. The minimum absolute atomic E-state index is 0.371. The number of nitrogens with zero attached hydrogens (tertiary/aromatic N) is 2. The normalized spacial score (nSPS) is 11.7. The van der Waals surface area contributed by atoms with Crippen LogP contribution >= 0.6 is 0 Å². The van der Waals surface area contributed by atoms with Crippen LogP contribution in [0.15, 0.2) is 39.4 Å². The lowest BCUT2D eigenvalue weighted by Gasteiger charge is -2.06. The van der Waals surface area contributed by atoms with Gasteiger partial charge in [0.05, 0.1) is 5.56 Å². The van der Waals surface area contributed by atoms with Crippen molar-refractivity contribution in [2.24, 2.45) is 10.2 Å². The van der Waals surface area contributed by atoms with Crippen LogP contribution in [0.2, 0.25) is 0 Å². The molecule has 0 radical (unpaired) electrons. The van der Waals surface area contributed by atoms with Crippen molar-refractivity contribution < 1.29 is 43.3 Å². The number of phenols is 4. The zero-order chi connectivity index (χ0) is 18.9. The van der Waals surface area contributed by atoms with E-state index in [0.29, 0.717) is 6.07 Å². The second-order valence-electron chi connectivity index (χ2n) is 4.62. The molecule has 0 aliphatic carbocycles. The molecule has 12 heteroatoms. The van der Waals surface area contributed by atoms with E-state index in [1.165, 1.54) is 0 Å². The van der Waals surface area contributed by atoms with Gasteiger partial charge in [-0.1, -0.05) is 0 Å². The average molecular weight is 370 g/mol. The largest absolute Gasteiger partial charge is 0.504 e. The van der Waals surface area contributed by atoms with Crippen LogP contribution in [-0.2, 0) is 10.1 Å². The Kier molecular flexibility index (Phi) is 4.50. The fourth-order valence-corrected chi connectivity index (χ4v) is 2.36. The van der Waals surface area contributed by atoms with Crippen LogP contribution in [0.1, 0.15) is 10.4 Å². The van der Waals surface area contributed by atoms with Gasteiger partial charge in [0.15, 0.2) is 17.2 Å². The number of phenolic OH excluding ortho intramolecular Hbond substituents is 4. The summed E-state index contributed by atoms with van der Waals surface area (Å²) in [6, 6.07) is 3.30. The standard InChI is InChI=1S/C13H10N2O9S/c16-8-2-1-6(11(18)12(8)19)14-15-7-3-5(13(20)21)4-9(10(7)17)25(22,23)24/h1-4,16-19H,(H,20,21)(H,22,23,24). The summed E-state index contributed by atoms with van der Waals surface area (Å²) in [6.07, 6.45) is 0. The second-order valence-corrected chi connectivity index (χ2v) is 6.01. The molecule has 0 saturated heterocycles. The summed E-state index contributed by atoms with van der Waals surface area (Å²) >= 11 is 0. The van der Waals surface area contributed by atoms with Gasteiger partial charge in [0.1, 0.15) is 16.3 Å². The summed E-state index contributed by atoms with van der Waals surface area (Å²) in [7, 11) is -4.95. The van der Waals surface area contributed by atoms with Crippen LogP contribution < -0.4 is 0 Å². The third-order valence-corrected chi connectivity index (χ3v) is 3.82. The van der Waals surface area contributed by atoms with Gasteiger partial charge >= 0.3 is 5.97 Å². The van der Waals surface area contributed by atoms with Gasteiger partial charge in [-0.15, -0.1) is 10.2 Å². The van der Waals surface area contributed by atoms with E-state index in [4.69, 9.17) is 9.66 Å². The van der Waals surface area contributed by atoms with Crippen molar-refractivity contribution in [3.8, 4) is 23.0 Å². The first kappa shape index (κ1) is 18.0. The van der Waals surface area contributed by atoms with Gasteiger partial charge in [-0.05, 0) is 24.3 Å². The Bertz CT molecular complexity index is 999.